The minimum Gasteiger partial charge on any atom is -0.352 e. The lowest BCUT2D eigenvalue weighted by atomic mass is 10.1. The summed E-state index contributed by atoms with van der Waals surface area (Å²) in [5, 5.41) is 3.76. The molecule has 39 heavy (non-hydrogen) atoms. The Kier molecular flexibility index (Phi) is 10.5. The molecule has 0 bridgehead atoms. The molecule has 0 spiro atoms. The van der Waals surface area contributed by atoms with Gasteiger partial charge in [0.2, 0.25) is 11.8 Å². The second-order valence-corrected chi connectivity index (χ2v) is 12.5. The van der Waals surface area contributed by atoms with Gasteiger partial charge in [-0.1, -0.05) is 70.7 Å². The van der Waals surface area contributed by atoms with Crippen molar-refractivity contribution in [1.29, 1.82) is 0 Å². The van der Waals surface area contributed by atoms with Crippen LogP contribution in [0.1, 0.15) is 26.3 Å². The summed E-state index contributed by atoms with van der Waals surface area (Å²) in [6.07, 6.45) is 0. The van der Waals surface area contributed by atoms with E-state index in [1.54, 1.807) is 57.2 Å². The standard InChI is InChI=1S/C27H27Cl4N3O4S/c1-17(2)32-27(36)18(3)33(15-19-9-11-22(28)24(30)13-19)26(35)16-34(20-10-12-23(29)25(31)14-20)39(37,38)21-7-5-4-6-8-21/h4-14,17-18H,15-16H2,1-3H3,(H,32,36). The molecule has 0 aliphatic rings. The van der Waals surface area contributed by atoms with Crippen LogP contribution in [0, 0.1) is 0 Å². The highest BCUT2D eigenvalue weighted by Gasteiger charge is 2.33. The summed E-state index contributed by atoms with van der Waals surface area (Å²) in [4.78, 5) is 28.1. The van der Waals surface area contributed by atoms with Gasteiger partial charge in [-0.2, -0.15) is 0 Å². The lowest BCUT2D eigenvalue weighted by Crippen LogP contribution is -2.52. The molecule has 0 saturated heterocycles. The second kappa shape index (κ2) is 13.2. The molecule has 208 valence electrons. The molecular weight excluding hydrogens is 604 g/mol. The van der Waals surface area contributed by atoms with Crippen LogP contribution in [0.15, 0.2) is 71.6 Å². The Bertz CT molecular complexity index is 1450. The number of halogens is 4. The highest BCUT2D eigenvalue weighted by atomic mass is 35.5. The number of hydrogen-bond donors (Lipinski definition) is 1. The molecule has 7 nitrogen and oxygen atoms in total. The third-order valence-corrected chi connectivity index (χ3v) is 9.00. The first-order valence-electron chi connectivity index (χ1n) is 11.9. The van der Waals surface area contributed by atoms with Gasteiger partial charge in [-0.3, -0.25) is 13.9 Å². The highest BCUT2D eigenvalue weighted by Crippen LogP contribution is 2.31. The van der Waals surface area contributed by atoms with E-state index in [-0.39, 0.29) is 38.2 Å². The second-order valence-electron chi connectivity index (χ2n) is 9.03. The van der Waals surface area contributed by atoms with E-state index in [1.807, 2.05) is 0 Å². The molecule has 1 unspecified atom stereocenters. The van der Waals surface area contributed by atoms with Crippen LogP contribution in [0.5, 0.6) is 0 Å². The average Bonchev–Trinajstić information content (AvgIpc) is 2.89. The predicted octanol–water partition coefficient (Wildman–Crippen LogP) is 6.44. The Morgan fingerprint density at radius 3 is 1.97 bits per heavy atom. The number of anilines is 1. The van der Waals surface area contributed by atoms with Crippen molar-refractivity contribution >= 4 is 73.9 Å². The van der Waals surface area contributed by atoms with E-state index in [0.29, 0.717) is 10.6 Å². The van der Waals surface area contributed by atoms with Crippen LogP contribution in [-0.4, -0.2) is 43.8 Å². The van der Waals surface area contributed by atoms with Crippen LogP contribution in [0.25, 0.3) is 0 Å². The van der Waals surface area contributed by atoms with Gasteiger partial charge in [0.15, 0.2) is 0 Å². The molecule has 3 aromatic carbocycles. The summed E-state index contributed by atoms with van der Waals surface area (Å²) >= 11 is 24.5. The number of amides is 2. The van der Waals surface area contributed by atoms with Gasteiger partial charge in [-0.25, -0.2) is 8.42 Å². The number of carbonyl (C=O) groups excluding carboxylic acids is 2. The molecule has 0 radical (unpaired) electrons. The number of nitrogens with zero attached hydrogens (tertiary/aromatic N) is 2. The normalized spacial score (nSPS) is 12.2. The molecule has 3 rings (SSSR count). The van der Waals surface area contributed by atoms with Gasteiger partial charge in [-0.15, -0.1) is 0 Å². The largest absolute Gasteiger partial charge is 0.352 e. The zero-order chi connectivity index (χ0) is 28.9. The SMILES string of the molecule is CC(C)NC(=O)C(C)N(Cc1ccc(Cl)c(Cl)c1)C(=O)CN(c1ccc(Cl)c(Cl)c1)S(=O)(=O)c1ccccc1. The van der Waals surface area contributed by atoms with Crippen molar-refractivity contribution in [3.05, 3.63) is 92.4 Å². The van der Waals surface area contributed by atoms with Gasteiger partial charge in [0.25, 0.3) is 10.0 Å². The van der Waals surface area contributed by atoms with Gasteiger partial charge >= 0.3 is 0 Å². The first-order valence-corrected chi connectivity index (χ1v) is 14.8. The number of carbonyl (C=O) groups is 2. The van der Waals surface area contributed by atoms with Gasteiger partial charge in [0, 0.05) is 12.6 Å². The van der Waals surface area contributed by atoms with E-state index in [1.165, 1.54) is 35.2 Å². The highest BCUT2D eigenvalue weighted by molar-refractivity contribution is 7.92. The number of sulfonamides is 1. The van der Waals surface area contributed by atoms with Crippen molar-refractivity contribution in [2.45, 2.75) is 44.3 Å². The quantitative estimate of drug-likeness (QED) is 0.279. The zero-order valence-electron chi connectivity index (χ0n) is 21.4. The van der Waals surface area contributed by atoms with Crippen molar-refractivity contribution < 1.29 is 18.0 Å². The van der Waals surface area contributed by atoms with Gasteiger partial charge in [0.1, 0.15) is 12.6 Å². The Balaban J connectivity index is 2.06. The van der Waals surface area contributed by atoms with Crippen LogP contribution in [0.2, 0.25) is 20.1 Å². The van der Waals surface area contributed by atoms with Crippen LogP contribution in [0.3, 0.4) is 0 Å². The number of nitrogens with one attached hydrogen (secondary N) is 1. The topological polar surface area (TPSA) is 86.8 Å². The third-order valence-electron chi connectivity index (χ3n) is 5.74. The summed E-state index contributed by atoms with van der Waals surface area (Å²) in [7, 11) is -4.22. The monoisotopic (exact) mass is 629 g/mol. The lowest BCUT2D eigenvalue weighted by molar-refractivity contribution is -0.139. The summed E-state index contributed by atoms with van der Waals surface area (Å²) in [6.45, 7) is 4.53. The molecule has 0 fully saturated rings. The van der Waals surface area contributed by atoms with Crippen molar-refractivity contribution in [3.63, 3.8) is 0 Å². The van der Waals surface area contributed by atoms with Gasteiger partial charge in [0.05, 0.1) is 30.7 Å². The zero-order valence-corrected chi connectivity index (χ0v) is 25.2. The Morgan fingerprint density at radius 1 is 0.821 bits per heavy atom. The summed E-state index contributed by atoms with van der Waals surface area (Å²) in [5.41, 5.74) is 0.740. The fraction of sp³-hybridized carbons (Fsp3) is 0.259. The van der Waals surface area contributed by atoms with Gasteiger partial charge in [-0.05, 0) is 68.8 Å². The maximum atomic E-state index is 13.9. The maximum Gasteiger partial charge on any atom is 0.264 e. The molecule has 0 aromatic heterocycles. The molecule has 3 aromatic rings. The Labute approximate surface area is 248 Å². The van der Waals surface area contributed by atoms with Crippen LogP contribution < -0.4 is 9.62 Å². The van der Waals surface area contributed by atoms with E-state index in [9.17, 15) is 18.0 Å². The molecule has 1 N–H and O–H groups in total. The average molecular weight is 631 g/mol. The predicted molar refractivity (Wildman–Crippen MR) is 157 cm³/mol. The molecule has 0 aliphatic carbocycles. The summed E-state index contributed by atoms with van der Waals surface area (Å²) in [6, 6.07) is 15.7. The first-order chi connectivity index (χ1) is 18.3. The van der Waals surface area contributed by atoms with Crippen molar-refractivity contribution in [2.24, 2.45) is 0 Å². The third kappa shape index (κ3) is 7.80. The summed E-state index contributed by atoms with van der Waals surface area (Å²) in [5.74, 6) is -1.02. The van der Waals surface area contributed by atoms with E-state index >= 15 is 0 Å². The molecule has 0 saturated carbocycles. The molecule has 0 heterocycles. The van der Waals surface area contributed by atoms with Crippen molar-refractivity contribution in [2.75, 3.05) is 10.8 Å². The van der Waals surface area contributed by atoms with Crippen LogP contribution in [-0.2, 0) is 26.2 Å². The van der Waals surface area contributed by atoms with Gasteiger partial charge < -0.3 is 10.2 Å². The van der Waals surface area contributed by atoms with Crippen LogP contribution in [0.4, 0.5) is 5.69 Å². The van der Waals surface area contributed by atoms with E-state index in [0.717, 1.165) is 4.31 Å². The van der Waals surface area contributed by atoms with E-state index in [2.05, 4.69) is 5.32 Å². The fourth-order valence-corrected chi connectivity index (χ4v) is 5.75. The molecule has 1 atom stereocenters. The molecule has 0 aliphatic heterocycles. The molecule has 12 heteroatoms. The maximum absolute atomic E-state index is 13.9. The first kappa shape index (κ1) is 31.0. The van der Waals surface area contributed by atoms with E-state index < -0.39 is 34.4 Å². The Hall–Kier alpha value is -2.49. The molecular formula is C27H27Cl4N3O4S. The van der Waals surface area contributed by atoms with Crippen molar-refractivity contribution in [3.8, 4) is 0 Å². The Morgan fingerprint density at radius 2 is 1.41 bits per heavy atom. The molecule has 2 amide bonds. The number of hydrogen-bond acceptors (Lipinski definition) is 4. The number of rotatable bonds is 10. The van der Waals surface area contributed by atoms with Crippen LogP contribution >= 0.6 is 46.4 Å². The van der Waals surface area contributed by atoms with Crippen molar-refractivity contribution in [1.82, 2.24) is 10.2 Å². The lowest BCUT2D eigenvalue weighted by Gasteiger charge is -2.32. The smallest absolute Gasteiger partial charge is 0.264 e. The fourth-order valence-electron chi connectivity index (χ4n) is 3.71. The minimum atomic E-state index is -4.22. The summed E-state index contributed by atoms with van der Waals surface area (Å²) < 4.78 is 28.4. The van der Waals surface area contributed by atoms with E-state index in [4.69, 9.17) is 46.4 Å². The number of benzene rings is 3. The minimum absolute atomic E-state index is 0.0227.